The maximum atomic E-state index is 10.7. The lowest BCUT2D eigenvalue weighted by molar-refractivity contribution is 0.101. The molecular formula is C18H30Cl2N2O2. The zero-order valence-corrected chi connectivity index (χ0v) is 16.0. The molecule has 2 N–H and O–H groups in total. The maximum Gasteiger partial charge on any atom is 0.162 e. The Morgan fingerprint density at radius 2 is 1.79 bits per heavy atom. The fraction of sp³-hybridized carbons (Fsp3) is 0.667. The zero-order valence-electron chi connectivity index (χ0n) is 14.4. The smallest absolute Gasteiger partial charge is 0.162 e. The van der Waals surface area contributed by atoms with E-state index >= 15 is 0 Å². The molecule has 0 bridgehead atoms. The topological polar surface area (TPSA) is 44.7 Å². The number of methoxy groups -OCH3 is 1. The Hall–Kier alpha value is -0.680. The van der Waals surface area contributed by atoms with E-state index in [0.29, 0.717) is 23.5 Å². The van der Waals surface area contributed by atoms with Gasteiger partial charge in [-0.25, -0.2) is 0 Å². The number of benzene rings is 1. The lowest BCUT2D eigenvalue weighted by Crippen LogP contribution is -2.47. The van der Waals surface area contributed by atoms with Crippen LogP contribution in [0.4, 0.5) is 0 Å². The number of rotatable bonds is 4. The molecule has 1 aliphatic heterocycles. The summed E-state index contributed by atoms with van der Waals surface area (Å²) in [6.07, 6.45) is 6.53. The van der Waals surface area contributed by atoms with Crippen LogP contribution in [0.15, 0.2) is 18.2 Å². The molecule has 1 heterocycles. The third-order valence-electron chi connectivity index (χ3n) is 5.21. The molecule has 1 aromatic carbocycles. The summed E-state index contributed by atoms with van der Waals surface area (Å²) >= 11 is 0. The van der Waals surface area contributed by atoms with Gasteiger partial charge in [-0.05, 0) is 24.8 Å². The molecule has 0 amide bonds. The van der Waals surface area contributed by atoms with Crippen LogP contribution in [-0.2, 0) is 0 Å². The van der Waals surface area contributed by atoms with Crippen LogP contribution in [0.3, 0.4) is 0 Å². The molecule has 2 fully saturated rings. The van der Waals surface area contributed by atoms with Gasteiger partial charge < -0.3 is 15.2 Å². The summed E-state index contributed by atoms with van der Waals surface area (Å²) in [5.74, 6) is 1.57. The fourth-order valence-electron chi connectivity index (χ4n) is 4.10. The predicted octanol–water partition coefficient (Wildman–Crippen LogP) is 3.77. The van der Waals surface area contributed by atoms with E-state index in [-0.39, 0.29) is 24.8 Å². The van der Waals surface area contributed by atoms with Gasteiger partial charge in [0.05, 0.1) is 7.11 Å². The Labute approximate surface area is 157 Å². The summed E-state index contributed by atoms with van der Waals surface area (Å²) in [5.41, 5.74) is 1.05. The van der Waals surface area contributed by atoms with Crippen molar-refractivity contribution in [1.29, 1.82) is 0 Å². The highest BCUT2D eigenvalue weighted by atomic mass is 35.5. The van der Waals surface area contributed by atoms with Crippen molar-refractivity contribution in [2.45, 2.75) is 38.1 Å². The molecule has 4 nitrogen and oxygen atoms in total. The standard InChI is InChI=1S/C18H28N2O2.2ClH/c1-22-16-9-5-8-15(18(16)21)17(14-6-3-2-4-7-14)20-12-10-19-11-13-20;;/h5,8-9,14,17,19,21H,2-4,6-7,10-13H2,1H3;2*1H/t17-;;/m1../s1. The number of halogens is 2. The average molecular weight is 377 g/mol. The first-order chi connectivity index (χ1) is 10.8. The number of phenolic OH excluding ortho intramolecular Hbond substituents is 1. The molecule has 1 saturated carbocycles. The Morgan fingerprint density at radius 1 is 1.12 bits per heavy atom. The van der Waals surface area contributed by atoms with E-state index in [2.05, 4.69) is 16.3 Å². The van der Waals surface area contributed by atoms with Gasteiger partial charge in [-0.1, -0.05) is 31.4 Å². The van der Waals surface area contributed by atoms with Gasteiger partial charge in [-0.2, -0.15) is 0 Å². The van der Waals surface area contributed by atoms with Crippen LogP contribution in [0.25, 0.3) is 0 Å². The molecule has 2 aliphatic rings. The van der Waals surface area contributed by atoms with Gasteiger partial charge >= 0.3 is 0 Å². The third kappa shape index (κ3) is 4.69. The minimum atomic E-state index is 0. The highest BCUT2D eigenvalue weighted by Gasteiger charge is 2.33. The van der Waals surface area contributed by atoms with Gasteiger partial charge in [-0.15, -0.1) is 24.8 Å². The molecule has 3 rings (SSSR count). The van der Waals surface area contributed by atoms with Crippen molar-refractivity contribution < 1.29 is 9.84 Å². The first-order valence-electron chi connectivity index (χ1n) is 8.62. The second kappa shape index (κ2) is 10.3. The highest BCUT2D eigenvalue weighted by molar-refractivity contribution is 5.85. The van der Waals surface area contributed by atoms with Crippen molar-refractivity contribution >= 4 is 24.8 Å². The van der Waals surface area contributed by atoms with Crippen LogP contribution in [-0.4, -0.2) is 43.3 Å². The molecule has 1 saturated heterocycles. The second-order valence-electron chi connectivity index (χ2n) is 6.53. The number of aromatic hydroxyl groups is 1. The molecular weight excluding hydrogens is 347 g/mol. The summed E-state index contributed by atoms with van der Waals surface area (Å²) in [6.45, 7) is 4.18. The van der Waals surface area contributed by atoms with E-state index in [9.17, 15) is 5.11 Å². The van der Waals surface area contributed by atoms with E-state index in [1.807, 2.05) is 12.1 Å². The van der Waals surface area contributed by atoms with Gasteiger partial charge in [0, 0.05) is 37.8 Å². The molecule has 0 unspecified atom stereocenters. The number of nitrogens with one attached hydrogen (secondary N) is 1. The Balaban J connectivity index is 0.00000144. The van der Waals surface area contributed by atoms with Crippen molar-refractivity contribution in [2.24, 2.45) is 5.92 Å². The molecule has 0 spiro atoms. The second-order valence-corrected chi connectivity index (χ2v) is 6.53. The number of piperazine rings is 1. The van der Waals surface area contributed by atoms with Gasteiger partial charge in [0.1, 0.15) is 0 Å². The maximum absolute atomic E-state index is 10.7. The molecule has 138 valence electrons. The van der Waals surface area contributed by atoms with Gasteiger partial charge in [-0.3, -0.25) is 4.90 Å². The first-order valence-corrected chi connectivity index (χ1v) is 8.62. The van der Waals surface area contributed by atoms with Crippen molar-refractivity contribution in [3.05, 3.63) is 23.8 Å². The predicted molar refractivity (Wildman–Crippen MR) is 103 cm³/mol. The average Bonchev–Trinajstić information content (AvgIpc) is 2.59. The van der Waals surface area contributed by atoms with E-state index in [4.69, 9.17) is 4.74 Å². The molecule has 0 aromatic heterocycles. The molecule has 6 heteroatoms. The van der Waals surface area contributed by atoms with Gasteiger partial charge in [0.15, 0.2) is 11.5 Å². The van der Waals surface area contributed by atoms with Gasteiger partial charge in [0.25, 0.3) is 0 Å². The largest absolute Gasteiger partial charge is 0.504 e. The Morgan fingerprint density at radius 3 is 2.42 bits per heavy atom. The van der Waals surface area contributed by atoms with Crippen molar-refractivity contribution in [3.63, 3.8) is 0 Å². The number of hydrogen-bond donors (Lipinski definition) is 2. The van der Waals surface area contributed by atoms with Crippen molar-refractivity contribution in [1.82, 2.24) is 10.2 Å². The number of hydrogen-bond acceptors (Lipinski definition) is 4. The van der Waals surface area contributed by atoms with Crippen LogP contribution in [0.1, 0.15) is 43.7 Å². The van der Waals surface area contributed by atoms with E-state index in [0.717, 1.165) is 31.7 Å². The molecule has 1 atom stereocenters. The van der Waals surface area contributed by atoms with Crippen molar-refractivity contribution in [2.75, 3.05) is 33.3 Å². The van der Waals surface area contributed by atoms with E-state index in [1.165, 1.54) is 32.1 Å². The third-order valence-corrected chi connectivity index (χ3v) is 5.21. The van der Waals surface area contributed by atoms with Crippen LogP contribution in [0, 0.1) is 5.92 Å². The molecule has 1 aliphatic carbocycles. The quantitative estimate of drug-likeness (QED) is 0.839. The summed E-state index contributed by atoms with van der Waals surface area (Å²) in [6, 6.07) is 6.25. The van der Waals surface area contributed by atoms with Crippen molar-refractivity contribution in [3.8, 4) is 11.5 Å². The summed E-state index contributed by atoms with van der Waals surface area (Å²) < 4.78 is 5.33. The number of para-hydroxylation sites is 1. The lowest BCUT2D eigenvalue weighted by Gasteiger charge is -2.41. The normalized spacial score (nSPS) is 20.5. The van der Waals surface area contributed by atoms with E-state index < -0.39 is 0 Å². The number of phenols is 1. The van der Waals surface area contributed by atoms with Crippen LogP contribution in [0.5, 0.6) is 11.5 Å². The summed E-state index contributed by atoms with van der Waals surface area (Å²) in [7, 11) is 1.62. The summed E-state index contributed by atoms with van der Waals surface area (Å²) in [5, 5.41) is 14.1. The molecule has 1 aromatic rings. The van der Waals surface area contributed by atoms with Crippen LogP contribution in [0.2, 0.25) is 0 Å². The minimum absolute atomic E-state index is 0. The number of nitrogens with zero attached hydrogens (tertiary/aromatic N) is 1. The Bertz CT molecular complexity index is 472. The number of ether oxygens (including phenoxy) is 1. The lowest BCUT2D eigenvalue weighted by atomic mass is 9.80. The van der Waals surface area contributed by atoms with E-state index in [1.54, 1.807) is 7.11 Å². The Kier molecular flexibility index (Phi) is 9.21. The van der Waals surface area contributed by atoms with Crippen LogP contribution >= 0.6 is 24.8 Å². The van der Waals surface area contributed by atoms with Crippen LogP contribution < -0.4 is 10.1 Å². The monoisotopic (exact) mass is 376 g/mol. The van der Waals surface area contributed by atoms with Gasteiger partial charge in [0.2, 0.25) is 0 Å². The SMILES string of the molecule is COc1cccc([C@@H](C2CCCCC2)N2CCNCC2)c1O.Cl.Cl. The summed E-state index contributed by atoms with van der Waals surface area (Å²) in [4.78, 5) is 2.56. The first kappa shape index (κ1) is 21.4. The minimum Gasteiger partial charge on any atom is -0.504 e. The molecule has 0 radical (unpaired) electrons. The highest BCUT2D eigenvalue weighted by Crippen LogP contribution is 2.44. The zero-order chi connectivity index (χ0) is 15.4. The fourth-order valence-corrected chi connectivity index (χ4v) is 4.10. The molecule has 24 heavy (non-hydrogen) atoms.